The van der Waals surface area contributed by atoms with Gasteiger partial charge in [0, 0.05) is 18.8 Å². The van der Waals surface area contributed by atoms with Crippen molar-refractivity contribution in [2.45, 2.75) is 0 Å². The molecule has 0 N–H and O–H groups in total. The zero-order chi connectivity index (χ0) is 11.7. The van der Waals surface area contributed by atoms with E-state index < -0.39 is 0 Å². The lowest BCUT2D eigenvalue weighted by molar-refractivity contribution is 0.582. The monoisotopic (exact) mass is 224 g/mol. The number of hydrogen-bond acceptors (Lipinski definition) is 2. The van der Waals surface area contributed by atoms with Crippen LogP contribution in [0.5, 0.6) is 0 Å². The second-order valence-corrected chi connectivity index (χ2v) is 3.89. The Labute approximate surface area is 99.3 Å². The number of hydrogen-bond donors (Lipinski definition) is 0. The molecule has 0 saturated carbocycles. The van der Waals surface area contributed by atoms with Gasteiger partial charge in [-0.05, 0) is 23.8 Å². The largest absolute Gasteiger partial charge is 0.464 e. The predicted molar refractivity (Wildman–Crippen MR) is 66.3 cm³/mol. The van der Waals surface area contributed by atoms with Gasteiger partial charge in [-0.15, -0.1) is 0 Å². The third kappa shape index (κ3) is 1.76. The Morgan fingerprint density at radius 2 is 1.76 bits per heavy atom. The normalized spacial score (nSPS) is 10.6. The quantitative estimate of drug-likeness (QED) is 0.668. The van der Waals surface area contributed by atoms with E-state index in [9.17, 15) is 0 Å². The summed E-state index contributed by atoms with van der Waals surface area (Å²) in [4.78, 5) is 0. The van der Waals surface area contributed by atoms with E-state index in [0.29, 0.717) is 0 Å². The first-order chi connectivity index (χ1) is 8.34. The van der Waals surface area contributed by atoms with Gasteiger partial charge in [-0.25, -0.2) is 0 Å². The first kappa shape index (κ1) is 9.90. The predicted octanol–water partition coefficient (Wildman–Crippen LogP) is 3.35. The summed E-state index contributed by atoms with van der Waals surface area (Å²) in [5, 5.41) is 4.16. The Hall–Kier alpha value is -2.29. The van der Waals surface area contributed by atoms with Gasteiger partial charge in [-0.2, -0.15) is 5.10 Å². The summed E-state index contributed by atoms with van der Waals surface area (Å²) in [5.41, 5.74) is 3.34. The minimum Gasteiger partial charge on any atom is -0.464 e. The van der Waals surface area contributed by atoms with E-state index in [1.165, 1.54) is 0 Å². The molecule has 0 unspecified atom stereocenters. The van der Waals surface area contributed by atoms with Crippen LogP contribution in [-0.2, 0) is 7.05 Å². The van der Waals surface area contributed by atoms with E-state index in [1.54, 1.807) is 12.5 Å². The highest BCUT2D eigenvalue weighted by molar-refractivity contribution is 5.65. The first-order valence-electron chi connectivity index (χ1n) is 5.47. The molecule has 3 aromatic rings. The van der Waals surface area contributed by atoms with Crippen molar-refractivity contribution in [3.63, 3.8) is 0 Å². The average Bonchev–Trinajstić information content (AvgIpc) is 3.00. The molecule has 0 atom stereocenters. The van der Waals surface area contributed by atoms with Crippen molar-refractivity contribution in [1.82, 2.24) is 9.78 Å². The van der Waals surface area contributed by atoms with E-state index in [-0.39, 0.29) is 0 Å². The van der Waals surface area contributed by atoms with Gasteiger partial charge in [0.05, 0.1) is 12.0 Å². The van der Waals surface area contributed by atoms with Crippen molar-refractivity contribution >= 4 is 0 Å². The lowest BCUT2D eigenvalue weighted by atomic mass is 10.1. The molecule has 1 aromatic carbocycles. The van der Waals surface area contributed by atoms with Gasteiger partial charge in [0.2, 0.25) is 0 Å². The molecule has 2 heterocycles. The molecule has 17 heavy (non-hydrogen) atoms. The average molecular weight is 224 g/mol. The maximum Gasteiger partial charge on any atom is 0.133 e. The van der Waals surface area contributed by atoms with E-state index in [4.69, 9.17) is 4.42 Å². The second-order valence-electron chi connectivity index (χ2n) is 3.89. The summed E-state index contributed by atoms with van der Waals surface area (Å²) < 4.78 is 7.22. The Balaban J connectivity index is 1.99. The fraction of sp³-hybridized carbons (Fsp3) is 0.0714. The van der Waals surface area contributed by atoms with Crippen molar-refractivity contribution in [3.05, 3.63) is 54.9 Å². The van der Waals surface area contributed by atoms with E-state index >= 15 is 0 Å². The summed E-state index contributed by atoms with van der Waals surface area (Å²) in [7, 11) is 1.94. The van der Waals surface area contributed by atoms with Crippen LogP contribution in [0, 0.1) is 0 Å². The third-order valence-electron chi connectivity index (χ3n) is 2.81. The van der Waals surface area contributed by atoms with Gasteiger partial charge in [0.1, 0.15) is 5.76 Å². The molecular formula is C14H12N2O. The first-order valence-corrected chi connectivity index (χ1v) is 5.47. The molecular weight excluding hydrogens is 212 g/mol. The zero-order valence-electron chi connectivity index (χ0n) is 9.50. The number of nitrogens with zero attached hydrogens (tertiary/aromatic N) is 2. The lowest BCUT2D eigenvalue weighted by Crippen LogP contribution is -1.92. The highest BCUT2D eigenvalue weighted by Gasteiger charge is 2.04. The van der Waals surface area contributed by atoms with Gasteiger partial charge in [-0.1, -0.05) is 24.3 Å². The lowest BCUT2D eigenvalue weighted by Gasteiger charge is -2.03. The number of benzene rings is 1. The molecule has 0 fully saturated rings. The molecule has 0 aliphatic carbocycles. The molecule has 3 rings (SSSR count). The van der Waals surface area contributed by atoms with Crippen molar-refractivity contribution in [3.8, 4) is 22.6 Å². The van der Waals surface area contributed by atoms with Crippen molar-refractivity contribution in [1.29, 1.82) is 0 Å². The van der Waals surface area contributed by atoms with Crippen LogP contribution in [0.1, 0.15) is 0 Å². The fourth-order valence-electron chi connectivity index (χ4n) is 1.91. The van der Waals surface area contributed by atoms with Crippen molar-refractivity contribution < 1.29 is 4.42 Å². The molecule has 0 spiro atoms. The highest BCUT2D eigenvalue weighted by Crippen LogP contribution is 2.24. The van der Waals surface area contributed by atoms with Crippen molar-refractivity contribution in [2.75, 3.05) is 0 Å². The standard InChI is InChI=1S/C14H12N2O/c1-16-13(8-9-15-16)11-4-6-12(7-5-11)14-3-2-10-17-14/h2-10H,1H3. The van der Waals surface area contributed by atoms with Gasteiger partial charge in [0.25, 0.3) is 0 Å². The highest BCUT2D eigenvalue weighted by atomic mass is 16.3. The molecule has 84 valence electrons. The molecule has 0 amide bonds. The maximum absolute atomic E-state index is 5.36. The number of rotatable bonds is 2. The SMILES string of the molecule is Cn1nccc1-c1ccc(-c2ccco2)cc1. The van der Waals surface area contributed by atoms with Gasteiger partial charge in [-0.3, -0.25) is 4.68 Å². The molecule has 0 radical (unpaired) electrons. The fourth-order valence-corrected chi connectivity index (χ4v) is 1.91. The molecule has 0 aliphatic heterocycles. The third-order valence-corrected chi connectivity index (χ3v) is 2.81. The van der Waals surface area contributed by atoms with Crippen LogP contribution in [0.2, 0.25) is 0 Å². The number of aromatic nitrogens is 2. The Morgan fingerprint density at radius 3 is 2.35 bits per heavy atom. The van der Waals surface area contributed by atoms with Crippen molar-refractivity contribution in [2.24, 2.45) is 7.05 Å². The van der Waals surface area contributed by atoms with E-state index in [1.807, 2.05) is 29.9 Å². The van der Waals surface area contributed by atoms with Gasteiger partial charge in [0.15, 0.2) is 0 Å². The second kappa shape index (κ2) is 3.94. The molecule has 0 saturated heterocycles. The maximum atomic E-state index is 5.36. The van der Waals surface area contributed by atoms with Gasteiger partial charge < -0.3 is 4.42 Å². The topological polar surface area (TPSA) is 31.0 Å². The number of furan rings is 1. The summed E-state index contributed by atoms with van der Waals surface area (Å²) in [6.07, 6.45) is 3.49. The van der Waals surface area contributed by atoms with E-state index in [2.05, 4.69) is 29.4 Å². The summed E-state index contributed by atoms with van der Waals surface area (Å²) in [5.74, 6) is 0.890. The molecule has 2 aromatic heterocycles. The van der Waals surface area contributed by atoms with Crippen LogP contribution >= 0.6 is 0 Å². The van der Waals surface area contributed by atoms with Crippen LogP contribution in [0.4, 0.5) is 0 Å². The van der Waals surface area contributed by atoms with Gasteiger partial charge >= 0.3 is 0 Å². The molecule has 0 bridgehead atoms. The Morgan fingerprint density at radius 1 is 1.00 bits per heavy atom. The smallest absolute Gasteiger partial charge is 0.133 e. The number of aryl methyl sites for hydroxylation is 1. The summed E-state index contributed by atoms with van der Waals surface area (Å²) in [6.45, 7) is 0. The Kier molecular flexibility index (Phi) is 2.29. The van der Waals surface area contributed by atoms with Crippen LogP contribution in [0.3, 0.4) is 0 Å². The molecule has 3 heteroatoms. The summed E-state index contributed by atoms with van der Waals surface area (Å²) >= 11 is 0. The van der Waals surface area contributed by atoms with Crippen LogP contribution in [-0.4, -0.2) is 9.78 Å². The molecule has 3 nitrogen and oxygen atoms in total. The summed E-state index contributed by atoms with van der Waals surface area (Å²) in [6, 6.07) is 14.1. The minimum atomic E-state index is 0.890. The van der Waals surface area contributed by atoms with Crippen LogP contribution in [0.25, 0.3) is 22.6 Å². The van der Waals surface area contributed by atoms with Crippen LogP contribution in [0.15, 0.2) is 59.3 Å². The van der Waals surface area contributed by atoms with E-state index in [0.717, 1.165) is 22.6 Å². The Bertz CT molecular complexity index is 606. The minimum absolute atomic E-state index is 0.890. The zero-order valence-corrected chi connectivity index (χ0v) is 9.50. The van der Waals surface area contributed by atoms with Crippen LogP contribution < -0.4 is 0 Å². The molecule has 0 aliphatic rings.